The number of carboxylic acid groups (broad SMARTS) is 1. The maximum absolute atomic E-state index is 11.8. The molecule has 1 aliphatic rings. The third-order valence-corrected chi connectivity index (χ3v) is 2.91. The standard InChI is InChI=1S/C11H20N2O5/c12-9(7-10(15)16)11(17)13-3-1-8(2-4-13)18-6-5-14/h8-9,14H,1-7,12H2,(H,15,16). The molecule has 7 heteroatoms. The second-order valence-electron chi connectivity index (χ2n) is 4.32. The van der Waals surface area contributed by atoms with Gasteiger partial charge in [0.15, 0.2) is 0 Å². The molecular formula is C11H20N2O5. The number of piperidine rings is 1. The smallest absolute Gasteiger partial charge is 0.305 e. The van der Waals surface area contributed by atoms with Crippen LogP contribution in [-0.2, 0) is 14.3 Å². The topological polar surface area (TPSA) is 113 Å². The lowest BCUT2D eigenvalue weighted by atomic mass is 10.1. The Balaban J connectivity index is 2.33. The fourth-order valence-corrected chi connectivity index (χ4v) is 1.97. The summed E-state index contributed by atoms with van der Waals surface area (Å²) in [6, 6.07) is -0.975. The van der Waals surface area contributed by atoms with E-state index in [0.29, 0.717) is 32.5 Å². The van der Waals surface area contributed by atoms with Gasteiger partial charge in [0.1, 0.15) is 0 Å². The summed E-state index contributed by atoms with van der Waals surface area (Å²) in [4.78, 5) is 23.9. The Morgan fingerprint density at radius 1 is 1.39 bits per heavy atom. The number of carboxylic acids is 1. The Morgan fingerprint density at radius 2 is 2.00 bits per heavy atom. The molecule has 0 aliphatic carbocycles. The van der Waals surface area contributed by atoms with Gasteiger partial charge < -0.3 is 25.6 Å². The van der Waals surface area contributed by atoms with Crippen LogP contribution in [-0.4, -0.2) is 65.4 Å². The van der Waals surface area contributed by atoms with Crippen molar-refractivity contribution in [3.8, 4) is 0 Å². The molecule has 1 rings (SSSR count). The van der Waals surface area contributed by atoms with Crippen LogP contribution < -0.4 is 5.73 Å². The quantitative estimate of drug-likeness (QED) is 0.552. The van der Waals surface area contributed by atoms with Crippen molar-refractivity contribution in [1.82, 2.24) is 4.90 Å². The minimum Gasteiger partial charge on any atom is -0.481 e. The Kier molecular flexibility index (Phi) is 6.03. The molecule has 4 N–H and O–H groups in total. The molecule has 0 radical (unpaired) electrons. The second kappa shape index (κ2) is 7.30. The first-order valence-corrected chi connectivity index (χ1v) is 6.03. The highest BCUT2D eigenvalue weighted by molar-refractivity contribution is 5.86. The Labute approximate surface area is 106 Å². The summed E-state index contributed by atoms with van der Waals surface area (Å²) in [5.74, 6) is -1.39. The van der Waals surface area contributed by atoms with E-state index in [1.54, 1.807) is 4.90 Å². The van der Waals surface area contributed by atoms with Gasteiger partial charge in [-0.25, -0.2) is 0 Å². The molecule has 1 aliphatic heterocycles. The summed E-state index contributed by atoms with van der Waals surface area (Å²) in [5.41, 5.74) is 5.53. The molecule has 0 spiro atoms. The van der Waals surface area contributed by atoms with E-state index < -0.39 is 12.0 Å². The zero-order chi connectivity index (χ0) is 13.5. The number of aliphatic hydroxyl groups excluding tert-OH is 1. The van der Waals surface area contributed by atoms with Crippen LogP contribution in [0.3, 0.4) is 0 Å². The highest BCUT2D eigenvalue weighted by Crippen LogP contribution is 2.14. The van der Waals surface area contributed by atoms with Gasteiger partial charge in [0.05, 0.1) is 31.8 Å². The van der Waals surface area contributed by atoms with Crippen molar-refractivity contribution in [2.75, 3.05) is 26.3 Å². The average molecular weight is 260 g/mol. The fraction of sp³-hybridized carbons (Fsp3) is 0.818. The average Bonchev–Trinajstić information content (AvgIpc) is 2.35. The van der Waals surface area contributed by atoms with Crippen molar-refractivity contribution >= 4 is 11.9 Å². The van der Waals surface area contributed by atoms with E-state index in [2.05, 4.69) is 0 Å². The van der Waals surface area contributed by atoms with E-state index in [4.69, 9.17) is 20.7 Å². The first-order valence-electron chi connectivity index (χ1n) is 6.03. The number of nitrogens with two attached hydrogens (primary N) is 1. The monoisotopic (exact) mass is 260 g/mol. The van der Waals surface area contributed by atoms with Crippen LogP contribution in [0, 0.1) is 0 Å². The zero-order valence-electron chi connectivity index (χ0n) is 10.2. The summed E-state index contributed by atoms with van der Waals surface area (Å²) in [7, 11) is 0. The molecule has 1 unspecified atom stereocenters. The summed E-state index contributed by atoms with van der Waals surface area (Å²) < 4.78 is 5.37. The minimum atomic E-state index is -1.07. The highest BCUT2D eigenvalue weighted by Gasteiger charge is 2.27. The van der Waals surface area contributed by atoms with Crippen molar-refractivity contribution in [2.24, 2.45) is 5.73 Å². The van der Waals surface area contributed by atoms with Gasteiger partial charge in [-0.2, -0.15) is 0 Å². The van der Waals surface area contributed by atoms with Gasteiger partial charge in [-0.15, -0.1) is 0 Å². The molecule has 1 fully saturated rings. The van der Waals surface area contributed by atoms with Crippen LogP contribution >= 0.6 is 0 Å². The fourth-order valence-electron chi connectivity index (χ4n) is 1.97. The van der Waals surface area contributed by atoms with Gasteiger partial charge >= 0.3 is 5.97 Å². The number of likely N-dealkylation sites (tertiary alicyclic amines) is 1. The van der Waals surface area contributed by atoms with Crippen molar-refractivity contribution < 1.29 is 24.5 Å². The maximum atomic E-state index is 11.8. The molecule has 0 aromatic heterocycles. The number of ether oxygens (including phenoxy) is 1. The molecule has 1 saturated heterocycles. The Morgan fingerprint density at radius 3 is 2.50 bits per heavy atom. The normalized spacial score (nSPS) is 18.7. The van der Waals surface area contributed by atoms with Gasteiger partial charge in [0.25, 0.3) is 0 Å². The van der Waals surface area contributed by atoms with Gasteiger partial charge in [0.2, 0.25) is 5.91 Å². The molecule has 1 amide bonds. The minimum absolute atomic E-state index is 0.0113. The molecule has 0 aromatic carbocycles. The molecule has 0 saturated carbocycles. The summed E-state index contributed by atoms with van der Waals surface area (Å²) in [5, 5.41) is 17.2. The number of carbonyl (C=O) groups is 2. The van der Waals surface area contributed by atoms with Gasteiger partial charge in [-0.1, -0.05) is 0 Å². The number of hydrogen-bond acceptors (Lipinski definition) is 5. The van der Waals surface area contributed by atoms with Crippen LogP contribution in [0.4, 0.5) is 0 Å². The number of carbonyl (C=O) groups excluding carboxylic acids is 1. The summed E-state index contributed by atoms with van der Waals surface area (Å²) in [6.45, 7) is 1.32. The molecule has 1 atom stereocenters. The van der Waals surface area contributed by atoms with E-state index in [-0.39, 0.29) is 25.0 Å². The van der Waals surface area contributed by atoms with Crippen molar-refractivity contribution in [3.05, 3.63) is 0 Å². The first kappa shape index (κ1) is 14.9. The molecule has 1 heterocycles. The lowest BCUT2D eigenvalue weighted by molar-refractivity contribution is -0.143. The second-order valence-corrected chi connectivity index (χ2v) is 4.32. The number of hydrogen-bond donors (Lipinski definition) is 3. The summed E-state index contributed by atoms with van der Waals surface area (Å²) in [6.07, 6.45) is 1.08. The van der Waals surface area contributed by atoms with Gasteiger partial charge in [0, 0.05) is 13.1 Å². The summed E-state index contributed by atoms with van der Waals surface area (Å²) >= 11 is 0. The number of amides is 1. The van der Waals surface area contributed by atoms with Crippen LogP contribution in [0.1, 0.15) is 19.3 Å². The first-order chi connectivity index (χ1) is 8.54. The molecule has 104 valence electrons. The number of nitrogens with zero attached hydrogens (tertiary/aromatic N) is 1. The van der Waals surface area contributed by atoms with E-state index in [0.717, 1.165) is 0 Å². The molecule has 18 heavy (non-hydrogen) atoms. The van der Waals surface area contributed by atoms with Crippen LogP contribution in [0.5, 0.6) is 0 Å². The zero-order valence-corrected chi connectivity index (χ0v) is 10.2. The lowest BCUT2D eigenvalue weighted by Gasteiger charge is -2.33. The van der Waals surface area contributed by atoms with E-state index in [1.165, 1.54) is 0 Å². The van der Waals surface area contributed by atoms with Gasteiger partial charge in [-0.05, 0) is 12.8 Å². The molecule has 0 aromatic rings. The van der Waals surface area contributed by atoms with E-state index in [1.807, 2.05) is 0 Å². The van der Waals surface area contributed by atoms with Crippen molar-refractivity contribution in [3.63, 3.8) is 0 Å². The maximum Gasteiger partial charge on any atom is 0.305 e. The third kappa shape index (κ3) is 4.59. The lowest BCUT2D eigenvalue weighted by Crippen LogP contribution is -2.49. The van der Waals surface area contributed by atoms with Crippen LogP contribution in [0.25, 0.3) is 0 Å². The largest absolute Gasteiger partial charge is 0.481 e. The van der Waals surface area contributed by atoms with E-state index >= 15 is 0 Å². The predicted octanol–water partition coefficient (Wildman–Crippen LogP) is -1.21. The third-order valence-electron chi connectivity index (χ3n) is 2.91. The molecule has 7 nitrogen and oxygen atoms in total. The van der Waals surface area contributed by atoms with Gasteiger partial charge in [-0.3, -0.25) is 9.59 Å². The van der Waals surface area contributed by atoms with Crippen LogP contribution in [0.15, 0.2) is 0 Å². The number of aliphatic hydroxyl groups is 1. The van der Waals surface area contributed by atoms with Crippen molar-refractivity contribution in [1.29, 1.82) is 0 Å². The highest BCUT2D eigenvalue weighted by atomic mass is 16.5. The van der Waals surface area contributed by atoms with E-state index in [9.17, 15) is 9.59 Å². The van der Waals surface area contributed by atoms with Crippen molar-refractivity contribution in [2.45, 2.75) is 31.4 Å². The number of aliphatic carboxylic acids is 1. The predicted molar refractivity (Wildman–Crippen MR) is 62.9 cm³/mol. The van der Waals surface area contributed by atoms with Crippen LogP contribution in [0.2, 0.25) is 0 Å². The SMILES string of the molecule is NC(CC(=O)O)C(=O)N1CCC(OCCO)CC1. The Hall–Kier alpha value is -1.18. The molecule has 0 bridgehead atoms. The molecular weight excluding hydrogens is 240 g/mol. The Bertz CT molecular complexity index is 289. The number of rotatable bonds is 6.